The lowest BCUT2D eigenvalue weighted by Gasteiger charge is -2.14. The van der Waals surface area contributed by atoms with Gasteiger partial charge in [0.1, 0.15) is 0 Å². The SMILES string of the molecule is OCCC1(CNCCSc2ccccc2)CC1. The van der Waals surface area contributed by atoms with Crippen LogP contribution in [0.1, 0.15) is 19.3 Å². The van der Waals surface area contributed by atoms with E-state index in [1.165, 1.54) is 17.7 Å². The van der Waals surface area contributed by atoms with E-state index in [-0.39, 0.29) is 0 Å². The van der Waals surface area contributed by atoms with Gasteiger partial charge in [0.2, 0.25) is 0 Å². The van der Waals surface area contributed by atoms with Gasteiger partial charge in [-0.25, -0.2) is 0 Å². The summed E-state index contributed by atoms with van der Waals surface area (Å²) in [6, 6.07) is 10.5. The topological polar surface area (TPSA) is 32.3 Å². The predicted octanol–water partition coefficient (Wildman–Crippen LogP) is 2.53. The maximum absolute atomic E-state index is 8.96. The van der Waals surface area contributed by atoms with Gasteiger partial charge in [0.25, 0.3) is 0 Å². The van der Waals surface area contributed by atoms with Crippen LogP contribution in [0.15, 0.2) is 35.2 Å². The second-order valence-electron chi connectivity index (χ2n) is 4.81. The smallest absolute Gasteiger partial charge is 0.0436 e. The molecule has 0 bridgehead atoms. The molecule has 94 valence electrons. The van der Waals surface area contributed by atoms with Gasteiger partial charge in [0, 0.05) is 30.3 Å². The average molecular weight is 251 g/mol. The monoisotopic (exact) mass is 251 g/mol. The van der Waals surface area contributed by atoms with Crippen LogP contribution in [0.5, 0.6) is 0 Å². The first-order valence-corrected chi connectivity index (χ1v) is 7.33. The number of hydrogen-bond donors (Lipinski definition) is 2. The highest BCUT2D eigenvalue weighted by Crippen LogP contribution is 2.47. The number of hydrogen-bond acceptors (Lipinski definition) is 3. The fourth-order valence-corrected chi connectivity index (χ4v) is 2.87. The van der Waals surface area contributed by atoms with Crippen LogP contribution in [0.4, 0.5) is 0 Å². The minimum absolute atomic E-state index is 0.334. The van der Waals surface area contributed by atoms with Gasteiger partial charge in [-0.3, -0.25) is 0 Å². The molecule has 0 spiro atoms. The van der Waals surface area contributed by atoms with E-state index in [4.69, 9.17) is 5.11 Å². The summed E-state index contributed by atoms with van der Waals surface area (Å²) in [5, 5.41) is 12.5. The number of aliphatic hydroxyl groups excluding tert-OH is 1. The van der Waals surface area contributed by atoms with Crippen molar-refractivity contribution in [1.29, 1.82) is 0 Å². The minimum Gasteiger partial charge on any atom is -0.396 e. The summed E-state index contributed by atoms with van der Waals surface area (Å²) in [5.74, 6) is 1.11. The normalized spacial score (nSPS) is 17.0. The van der Waals surface area contributed by atoms with Crippen molar-refractivity contribution in [2.75, 3.05) is 25.4 Å². The first-order valence-electron chi connectivity index (χ1n) is 6.34. The summed E-state index contributed by atoms with van der Waals surface area (Å²) < 4.78 is 0. The molecule has 0 aromatic heterocycles. The van der Waals surface area contributed by atoms with Gasteiger partial charge in [-0.1, -0.05) is 18.2 Å². The second-order valence-corrected chi connectivity index (χ2v) is 5.98. The van der Waals surface area contributed by atoms with Gasteiger partial charge in [0.15, 0.2) is 0 Å². The van der Waals surface area contributed by atoms with Crippen molar-refractivity contribution in [1.82, 2.24) is 5.32 Å². The molecule has 0 radical (unpaired) electrons. The summed E-state index contributed by atoms with van der Waals surface area (Å²) >= 11 is 1.89. The molecule has 1 aliphatic rings. The van der Waals surface area contributed by atoms with E-state index < -0.39 is 0 Å². The molecular weight excluding hydrogens is 230 g/mol. The van der Waals surface area contributed by atoms with Crippen molar-refractivity contribution >= 4 is 11.8 Å². The lowest BCUT2D eigenvalue weighted by molar-refractivity contribution is 0.246. The highest BCUT2D eigenvalue weighted by atomic mass is 32.2. The molecule has 0 aliphatic heterocycles. The molecule has 2 N–H and O–H groups in total. The van der Waals surface area contributed by atoms with Gasteiger partial charge in [0.05, 0.1) is 0 Å². The van der Waals surface area contributed by atoms with Crippen molar-refractivity contribution in [2.24, 2.45) is 5.41 Å². The molecule has 1 fully saturated rings. The van der Waals surface area contributed by atoms with E-state index in [0.717, 1.165) is 25.3 Å². The van der Waals surface area contributed by atoms with Gasteiger partial charge in [-0.05, 0) is 36.8 Å². The fourth-order valence-electron chi connectivity index (χ4n) is 2.04. The fraction of sp³-hybridized carbons (Fsp3) is 0.571. The molecule has 2 nitrogen and oxygen atoms in total. The second kappa shape index (κ2) is 6.43. The van der Waals surface area contributed by atoms with Crippen LogP contribution in [0.25, 0.3) is 0 Å². The Morgan fingerprint density at radius 3 is 2.65 bits per heavy atom. The molecule has 1 aliphatic carbocycles. The van der Waals surface area contributed by atoms with Crippen LogP contribution in [0.3, 0.4) is 0 Å². The van der Waals surface area contributed by atoms with E-state index in [1.807, 2.05) is 17.8 Å². The van der Waals surface area contributed by atoms with Crippen molar-refractivity contribution in [2.45, 2.75) is 24.2 Å². The van der Waals surface area contributed by atoms with Gasteiger partial charge < -0.3 is 10.4 Å². The quantitative estimate of drug-likeness (QED) is 0.550. The van der Waals surface area contributed by atoms with Crippen LogP contribution in [-0.4, -0.2) is 30.6 Å². The van der Waals surface area contributed by atoms with Crippen molar-refractivity contribution < 1.29 is 5.11 Å². The van der Waals surface area contributed by atoms with Crippen LogP contribution in [0.2, 0.25) is 0 Å². The molecular formula is C14H21NOS. The Morgan fingerprint density at radius 1 is 1.24 bits per heavy atom. The van der Waals surface area contributed by atoms with E-state index in [0.29, 0.717) is 12.0 Å². The number of nitrogens with one attached hydrogen (secondary N) is 1. The van der Waals surface area contributed by atoms with Crippen molar-refractivity contribution in [3.63, 3.8) is 0 Å². The average Bonchev–Trinajstić information content (AvgIpc) is 3.11. The van der Waals surface area contributed by atoms with E-state index in [9.17, 15) is 0 Å². The molecule has 17 heavy (non-hydrogen) atoms. The number of aliphatic hydroxyl groups is 1. The van der Waals surface area contributed by atoms with Crippen LogP contribution < -0.4 is 5.32 Å². The van der Waals surface area contributed by atoms with Crippen LogP contribution >= 0.6 is 11.8 Å². The molecule has 0 amide bonds. The number of benzene rings is 1. The summed E-state index contributed by atoms with van der Waals surface area (Å²) in [4.78, 5) is 1.34. The molecule has 1 aromatic rings. The Hall–Kier alpha value is -0.510. The van der Waals surface area contributed by atoms with E-state index in [2.05, 4.69) is 29.6 Å². The third-order valence-corrected chi connectivity index (χ3v) is 4.40. The maximum atomic E-state index is 8.96. The highest BCUT2D eigenvalue weighted by Gasteiger charge is 2.41. The maximum Gasteiger partial charge on any atom is 0.0436 e. The Kier molecular flexibility index (Phi) is 4.89. The standard InChI is InChI=1S/C14H21NOS/c16-10-8-14(6-7-14)12-15-9-11-17-13-4-2-1-3-5-13/h1-5,15-16H,6-12H2. The number of rotatable bonds is 8. The lowest BCUT2D eigenvalue weighted by Crippen LogP contribution is -2.26. The van der Waals surface area contributed by atoms with Crippen molar-refractivity contribution in [3.8, 4) is 0 Å². The molecule has 1 saturated carbocycles. The molecule has 1 aromatic carbocycles. The zero-order valence-electron chi connectivity index (χ0n) is 10.2. The molecule has 0 unspecified atom stereocenters. The largest absolute Gasteiger partial charge is 0.396 e. The molecule has 0 heterocycles. The lowest BCUT2D eigenvalue weighted by atomic mass is 10.0. The Morgan fingerprint density at radius 2 is 2.00 bits per heavy atom. The van der Waals surface area contributed by atoms with E-state index in [1.54, 1.807) is 0 Å². The Labute approximate surface area is 108 Å². The van der Waals surface area contributed by atoms with E-state index >= 15 is 0 Å². The zero-order chi connectivity index (χ0) is 12.0. The summed E-state index contributed by atoms with van der Waals surface area (Å²) in [6.07, 6.45) is 3.53. The third kappa shape index (κ3) is 4.34. The predicted molar refractivity (Wildman–Crippen MR) is 73.4 cm³/mol. The van der Waals surface area contributed by atoms with Crippen LogP contribution in [-0.2, 0) is 0 Å². The first-order chi connectivity index (χ1) is 8.35. The van der Waals surface area contributed by atoms with Gasteiger partial charge >= 0.3 is 0 Å². The summed E-state index contributed by atoms with van der Waals surface area (Å²) in [6.45, 7) is 2.45. The summed E-state index contributed by atoms with van der Waals surface area (Å²) in [5.41, 5.74) is 0.437. The summed E-state index contributed by atoms with van der Waals surface area (Å²) in [7, 11) is 0. The van der Waals surface area contributed by atoms with Gasteiger partial charge in [-0.2, -0.15) is 0 Å². The zero-order valence-corrected chi connectivity index (χ0v) is 11.0. The van der Waals surface area contributed by atoms with Crippen LogP contribution in [0, 0.1) is 5.41 Å². The first kappa shape index (κ1) is 12.9. The molecule has 0 atom stereocenters. The molecule has 2 rings (SSSR count). The molecule has 0 saturated heterocycles. The van der Waals surface area contributed by atoms with Crippen molar-refractivity contribution in [3.05, 3.63) is 30.3 Å². The third-order valence-electron chi connectivity index (χ3n) is 3.39. The Bertz CT molecular complexity index is 324. The Balaban J connectivity index is 1.55. The minimum atomic E-state index is 0.334. The molecule has 3 heteroatoms. The highest BCUT2D eigenvalue weighted by molar-refractivity contribution is 7.99. The number of thioether (sulfide) groups is 1. The van der Waals surface area contributed by atoms with Gasteiger partial charge in [-0.15, -0.1) is 11.8 Å².